The van der Waals surface area contributed by atoms with Gasteiger partial charge in [-0.15, -0.1) is 0 Å². The molecule has 3 rings (SSSR count). The second-order valence-electron chi connectivity index (χ2n) is 8.92. The molecule has 7 nitrogen and oxygen atoms in total. The Labute approximate surface area is 189 Å². The molecule has 170 valence electrons. The molecule has 0 saturated carbocycles. The molecule has 0 aliphatic carbocycles. The third kappa shape index (κ3) is 5.66. The first-order chi connectivity index (χ1) is 15.2. The summed E-state index contributed by atoms with van der Waals surface area (Å²) in [6.07, 6.45) is 1.50. The number of carbonyl (C=O) groups excluding carboxylic acids is 3. The van der Waals surface area contributed by atoms with Gasteiger partial charge in [-0.05, 0) is 41.7 Å². The molecule has 0 bridgehead atoms. The molecule has 0 aromatic heterocycles. The summed E-state index contributed by atoms with van der Waals surface area (Å²) in [5, 5.41) is 5.59. The van der Waals surface area contributed by atoms with Crippen LogP contribution in [0.2, 0.25) is 0 Å². The molecule has 1 aliphatic rings. The van der Waals surface area contributed by atoms with Gasteiger partial charge in [-0.25, -0.2) is 0 Å². The monoisotopic (exact) mass is 437 g/mol. The van der Waals surface area contributed by atoms with Gasteiger partial charge in [0.25, 0.3) is 5.91 Å². The molecule has 7 heteroatoms. The highest BCUT2D eigenvalue weighted by Gasteiger charge is 2.24. The van der Waals surface area contributed by atoms with Gasteiger partial charge < -0.3 is 20.3 Å². The molecule has 1 saturated heterocycles. The predicted octanol–water partition coefficient (Wildman–Crippen LogP) is 3.88. The molecule has 1 heterocycles. The molecule has 0 unspecified atom stereocenters. The lowest BCUT2D eigenvalue weighted by Crippen LogP contribution is -2.27. The van der Waals surface area contributed by atoms with Crippen LogP contribution >= 0.6 is 0 Å². The SMILES string of the molecule is COc1cc(NC(=O)CCNC(=O)c2ccc(C(C)(C)C)cc2)ccc1N1CCCC1=O. The molecule has 1 fully saturated rings. The van der Waals surface area contributed by atoms with Crippen molar-refractivity contribution in [2.24, 2.45) is 0 Å². The molecule has 32 heavy (non-hydrogen) atoms. The lowest BCUT2D eigenvalue weighted by atomic mass is 9.87. The molecule has 0 radical (unpaired) electrons. The lowest BCUT2D eigenvalue weighted by molar-refractivity contribution is -0.117. The van der Waals surface area contributed by atoms with Crippen LogP contribution in [0, 0.1) is 0 Å². The zero-order valence-electron chi connectivity index (χ0n) is 19.2. The van der Waals surface area contributed by atoms with E-state index in [-0.39, 0.29) is 36.1 Å². The highest BCUT2D eigenvalue weighted by Crippen LogP contribution is 2.33. The van der Waals surface area contributed by atoms with Crippen molar-refractivity contribution in [1.29, 1.82) is 0 Å². The molecule has 2 N–H and O–H groups in total. The first-order valence-electron chi connectivity index (χ1n) is 10.9. The van der Waals surface area contributed by atoms with Gasteiger partial charge in [0, 0.05) is 43.2 Å². The van der Waals surface area contributed by atoms with Crippen LogP contribution in [0.5, 0.6) is 5.75 Å². The van der Waals surface area contributed by atoms with Crippen LogP contribution < -0.4 is 20.3 Å². The average molecular weight is 438 g/mol. The van der Waals surface area contributed by atoms with Gasteiger partial charge in [0.1, 0.15) is 5.75 Å². The van der Waals surface area contributed by atoms with Gasteiger partial charge in [0.2, 0.25) is 11.8 Å². The fourth-order valence-corrected chi connectivity index (χ4v) is 3.62. The van der Waals surface area contributed by atoms with E-state index in [9.17, 15) is 14.4 Å². The Kier molecular flexibility index (Phi) is 7.18. The number of hydrogen-bond donors (Lipinski definition) is 2. The quantitative estimate of drug-likeness (QED) is 0.688. The molecule has 0 spiro atoms. The fraction of sp³-hybridized carbons (Fsp3) is 0.400. The van der Waals surface area contributed by atoms with E-state index in [1.165, 1.54) is 7.11 Å². The summed E-state index contributed by atoms with van der Waals surface area (Å²) >= 11 is 0. The average Bonchev–Trinajstić information content (AvgIpc) is 3.18. The Balaban J connectivity index is 1.51. The highest BCUT2D eigenvalue weighted by atomic mass is 16.5. The molecule has 3 amide bonds. The van der Waals surface area contributed by atoms with Crippen molar-refractivity contribution in [2.75, 3.05) is 30.4 Å². The number of rotatable bonds is 7. The van der Waals surface area contributed by atoms with Crippen molar-refractivity contribution in [3.05, 3.63) is 53.6 Å². The van der Waals surface area contributed by atoms with E-state index in [1.54, 1.807) is 35.2 Å². The summed E-state index contributed by atoms with van der Waals surface area (Å²) in [5.74, 6) is 0.175. The molecule has 0 atom stereocenters. The predicted molar refractivity (Wildman–Crippen MR) is 125 cm³/mol. The maximum atomic E-state index is 12.3. The highest BCUT2D eigenvalue weighted by molar-refractivity contribution is 5.98. The summed E-state index contributed by atoms with van der Waals surface area (Å²) in [7, 11) is 1.54. The van der Waals surface area contributed by atoms with E-state index in [2.05, 4.69) is 31.4 Å². The van der Waals surface area contributed by atoms with Gasteiger partial charge in [-0.1, -0.05) is 32.9 Å². The molecule has 1 aliphatic heterocycles. The van der Waals surface area contributed by atoms with E-state index in [4.69, 9.17) is 4.74 Å². The maximum Gasteiger partial charge on any atom is 0.251 e. The Morgan fingerprint density at radius 1 is 1.09 bits per heavy atom. The summed E-state index contributed by atoms with van der Waals surface area (Å²) in [5.41, 5.74) is 3.03. The first-order valence-corrected chi connectivity index (χ1v) is 10.9. The number of amides is 3. The summed E-state index contributed by atoms with van der Waals surface area (Å²) in [6.45, 7) is 7.25. The molecular formula is C25H31N3O4. The minimum absolute atomic E-state index is 0.0258. The van der Waals surface area contributed by atoms with Crippen LogP contribution in [0.25, 0.3) is 0 Å². The lowest BCUT2D eigenvalue weighted by Gasteiger charge is -2.19. The van der Waals surface area contributed by atoms with E-state index < -0.39 is 0 Å². The van der Waals surface area contributed by atoms with Gasteiger partial charge in [0.05, 0.1) is 12.8 Å². The minimum atomic E-state index is -0.222. The van der Waals surface area contributed by atoms with Crippen molar-refractivity contribution >= 4 is 29.1 Å². The van der Waals surface area contributed by atoms with Crippen molar-refractivity contribution in [3.63, 3.8) is 0 Å². The first kappa shape index (κ1) is 23.3. The van der Waals surface area contributed by atoms with Gasteiger partial charge in [-0.3, -0.25) is 14.4 Å². The number of nitrogens with one attached hydrogen (secondary N) is 2. The molecular weight excluding hydrogens is 406 g/mol. The number of nitrogens with zero attached hydrogens (tertiary/aromatic N) is 1. The normalized spacial score (nSPS) is 13.8. The number of benzene rings is 2. The Morgan fingerprint density at radius 2 is 1.81 bits per heavy atom. The van der Waals surface area contributed by atoms with Crippen molar-refractivity contribution in [1.82, 2.24) is 5.32 Å². The van der Waals surface area contributed by atoms with Gasteiger partial charge in [0.15, 0.2) is 0 Å². The third-order valence-corrected chi connectivity index (χ3v) is 5.48. The summed E-state index contributed by atoms with van der Waals surface area (Å²) in [4.78, 5) is 38.3. The third-order valence-electron chi connectivity index (χ3n) is 5.48. The van der Waals surface area contributed by atoms with E-state index in [1.807, 2.05) is 12.1 Å². The second kappa shape index (κ2) is 9.85. The van der Waals surface area contributed by atoms with Crippen molar-refractivity contribution in [2.45, 2.75) is 45.4 Å². The van der Waals surface area contributed by atoms with E-state index >= 15 is 0 Å². The Hall–Kier alpha value is -3.35. The maximum absolute atomic E-state index is 12.3. The molecule has 2 aromatic rings. The number of ether oxygens (including phenoxy) is 1. The topological polar surface area (TPSA) is 87.7 Å². The zero-order valence-corrected chi connectivity index (χ0v) is 19.2. The van der Waals surface area contributed by atoms with Crippen LogP contribution in [0.4, 0.5) is 11.4 Å². The smallest absolute Gasteiger partial charge is 0.251 e. The largest absolute Gasteiger partial charge is 0.494 e. The van der Waals surface area contributed by atoms with Gasteiger partial charge >= 0.3 is 0 Å². The Bertz CT molecular complexity index is 993. The van der Waals surface area contributed by atoms with Crippen LogP contribution in [0.1, 0.15) is 56.0 Å². The summed E-state index contributed by atoms with van der Waals surface area (Å²) in [6, 6.07) is 12.7. The van der Waals surface area contributed by atoms with Gasteiger partial charge in [-0.2, -0.15) is 0 Å². The standard InChI is InChI=1S/C25H31N3O4/c1-25(2,3)18-9-7-17(8-10-18)24(31)26-14-13-22(29)27-19-11-12-20(21(16-19)32-4)28-15-5-6-23(28)30/h7-12,16H,5-6,13-15H2,1-4H3,(H,26,31)(H,27,29). The zero-order chi connectivity index (χ0) is 23.3. The van der Waals surface area contributed by atoms with Crippen molar-refractivity contribution < 1.29 is 19.1 Å². The van der Waals surface area contributed by atoms with E-state index in [0.29, 0.717) is 35.7 Å². The number of anilines is 2. The van der Waals surface area contributed by atoms with Crippen LogP contribution in [0.15, 0.2) is 42.5 Å². The Morgan fingerprint density at radius 3 is 2.41 bits per heavy atom. The van der Waals surface area contributed by atoms with Crippen LogP contribution in [0.3, 0.4) is 0 Å². The van der Waals surface area contributed by atoms with Crippen molar-refractivity contribution in [3.8, 4) is 5.75 Å². The summed E-state index contributed by atoms with van der Waals surface area (Å²) < 4.78 is 5.42. The number of carbonyl (C=O) groups is 3. The number of methoxy groups -OCH3 is 1. The second-order valence-corrected chi connectivity index (χ2v) is 8.92. The van der Waals surface area contributed by atoms with Crippen LogP contribution in [-0.2, 0) is 15.0 Å². The van der Waals surface area contributed by atoms with E-state index in [0.717, 1.165) is 12.0 Å². The van der Waals surface area contributed by atoms with Crippen LogP contribution in [-0.4, -0.2) is 37.9 Å². The molecule has 2 aromatic carbocycles. The fourth-order valence-electron chi connectivity index (χ4n) is 3.62. The number of hydrogen-bond acceptors (Lipinski definition) is 4. The minimum Gasteiger partial charge on any atom is -0.494 e.